The Morgan fingerprint density at radius 2 is 2.20 bits per heavy atom. The molecule has 0 amide bonds. The number of aromatic nitrogens is 2. The van der Waals surface area contributed by atoms with Crippen LogP contribution in [0.3, 0.4) is 0 Å². The maximum absolute atomic E-state index is 11.8. The fourth-order valence-electron chi connectivity index (χ4n) is 1.13. The number of halogens is 3. The summed E-state index contributed by atoms with van der Waals surface area (Å²) in [7, 11) is 0. The van der Waals surface area contributed by atoms with Crippen molar-refractivity contribution in [2.45, 2.75) is 25.5 Å². The minimum absolute atomic E-state index is 0.0331. The monoisotopic (exact) mass is 239 g/mol. The van der Waals surface area contributed by atoms with Gasteiger partial charge in [0.15, 0.2) is 0 Å². The molecule has 0 aromatic carbocycles. The zero-order chi connectivity index (χ0) is 11.5. The second-order valence-electron chi connectivity index (χ2n) is 3.00. The predicted octanol–water partition coefficient (Wildman–Crippen LogP) is 1.90. The van der Waals surface area contributed by atoms with Crippen molar-refractivity contribution in [2.24, 2.45) is 5.73 Å². The molecular formula is C8H12F3N3S. The summed E-state index contributed by atoms with van der Waals surface area (Å²) in [5.74, 6) is -0.0331. The zero-order valence-corrected chi connectivity index (χ0v) is 9.03. The van der Waals surface area contributed by atoms with Crippen molar-refractivity contribution in [1.82, 2.24) is 9.78 Å². The molecule has 0 atom stereocenters. The molecule has 2 N–H and O–H groups in total. The molecule has 0 unspecified atom stereocenters. The topological polar surface area (TPSA) is 43.8 Å². The third-order valence-corrected chi connectivity index (χ3v) is 2.57. The molecule has 0 bridgehead atoms. The van der Waals surface area contributed by atoms with Crippen LogP contribution in [-0.2, 0) is 13.1 Å². The summed E-state index contributed by atoms with van der Waals surface area (Å²) in [4.78, 5) is 0. The minimum Gasteiger partial charge on any atom is -0.326 e. The summed E-state index contributed by atoms with van der Waals surface area (Å²) >= 11 is -0.0410. The lowest BCUT2D eigenvalue weighted by Gasteiger charge is -2.04. The molecule has 0 fully saturated rings. The van der Waals surface area contributed by atoms with Gasteiger partial charge in [-0.2, -0.15) is 18.3 Å². The van der Waals surface area contributed by atoms with Gasteiger partial charge in [0.25, 0.3) is 0 Å². The van der Waals surface area contributed by atoms with E-state index in [2.05, 4.69) is 5.10 Å². The molecule has 86 valence electrons. The van der Waals surface area contributed by atoms with Crippen molar-refractivity contribution < 1.29 is 13.2 Å². The number of rotatable bonds is 4. The fraction of sp³-hybridized carbons (Fsp3) is 0.625. The quantitative estimate of drug-likeness (QED) is 0.872. The van der Waals surface area contributed by atoms with Gasteiger partial charge in [0, 0.05) is 24.1 Å². The van der Waals surface area contributed by atoms with E-state index in [0.717, 1.165) is 11.3 Å². The number of nitrogens with two attached hydrogens (primary N) is 1. The molecule has 0 aliphatic rings. The lowest BCUT2D eigenvalue weighted by atomic mass is 10.3. The highest BCUT2D eigenvalue weighted by atomic mass is 32.2. The Labute approximate surface area is 89.8 Å². The SMILES string of the molecule is Cc1nn(CCSC(F)(F)F)cc1CN. The highest BCUT2D eigenvalue weighted by Gasteiger charge is 2.27. The van der Waals surface area contributed by atoms with E-state index >= 15 is 0 Å². The van der Waals surface area contributed by atoms with Crippen LogP contribution in [0.4, 0.5) is 13.2 Å². The number of hydrogen-bond acceptors (Lipinski definition) is 3. The first kappa shape index (κ1) is 12.4. The van der Waals surface area contributed by atoms with E-state index in [1.807, 2.05) is 0 Å². The van der Waals surface area contributed by atoms with E-state index in [1.54, 1.807) is 13.1 Å². The van der Waals surface area contributed by atoms with E-state index in [9.17, 15) is 13.2 Å². The van der Waals surface area contributed by atoms with Crippen LogP contribution in [0.5, 0.6) is 0 Å². The molecule has 1 heterocycles. The van der Waals surface area contributed by atoms with E-state index in [4.69, 9.17) is 5.73 Å². The lowest BCUT2D eigenvalue weighted by Crippen LogP contribution is -2.07. The average molecular weight is 239 g/mol. The minimum atomic E-state index is -4.17. The first-order valence-corrected chi connectivity index (χ1v) is 5.34. The maximum Gasteiger partial charge on any atom is 0.441 e. The van der Waals surface area contributed by atoms with Gasteiger partial charge in [-0.1, -0.05) is 0 Å². The number of aryl methyl sites for hydroxylation is 2. The molecule has 0 aliphatic carbocycles. The Balaban J connectivity index is 2.44. The van der Waals surface area contributed by atoms with Crippen LogP contribution < -0.4 is 5.73 Å². The van der Waals surface area contributed by atoms with Gasteiger partial charge in [-0.3, -0.25) is 4.68 Å². The highest BCUT2D eigenvalue weighted by Crippen LogP contribution is 2.29. The fourth-order valence-corrected chi connectivity index (χ4v) is 1.64. The summed E-state index contributed by atoms with van der Waals surface area (Å²) < 4.78 is 37.0. The summed E-state index contributed by atoms with van der Waals surface area (Å²) in [6, 6.07) is 0. The Morgan fingerprint density at radius 3 is 2.67 bits per heavy atom. The van der Waals surface area contributed by atoms with Crippen LogP contribution in [0, 0.1) is 6.92 Å². The molecule has 1 aromatic heterocycles. The Bertz CT molecular complexity index is 321. The molecule has 0 saturated heterocycles. The largest absolute Gasteiger partial charge is 0.441 e. The molecule has 0 radical (unpaired) electrons. The van der Waals surface area contributed by atoms with E-state index in [0.29, 0.717) is 6.54 Å². The smallest absolute Gasteiger partial charge is 0.326 e. The summed E-state index contributed by atoms with van der Waals surface area (Å²) in [5.41, 5.74) is 2.90. The standard InChI is InChI=1S/C8H12F3N3S/c1-6-7(4-12)5-14(13-6)2-3-15-8(9,10)11/h5H,2-4,12H2,1H3. The van der Waals surface area contributed by atoms with Gasteiger partial charge in [0.2, 0.25) is 0 Å². The average Bonchev–Trinajstić information content (AvgIpc) is 2.44. The Morgan fingerprint density at radius 1 is 1.53 bits per heavy atom. The molecule has 0 saturated carbocycles. The van der Waals surface area contributed by atoms with Gasteiger partial charge in [-0.25, -0.2) is 0 Å². The van der Waals surface area contributed by atoms with Gasteiger partial charge in [0.05, 0.1) is 12.2 Å². The normalized spacial score (nSPS) is 12.1. The Hall–Kier alpha value is -0.690. The van der Waals surface area contributed by atoms with Gasteiger partial charge >= 0.3 is 5.51 Å². The van der Waals surface area contributed by atoms with Crippen molar-refractivity contribution in [1.29, 1.82) is 0 Å². The van der Waals surface area contributed by atoms with Gasteiger partial charge in [-0.15, -0.1) is 0 Å². The number of hydrogen-bond donors (Lipinski definition) is 1. The van der Waals surface area contributed by atoms with Crippen molar-refractivity contribution in [3.05, 3.63) is 17.5 Å². The molecule has 1 aromatic rings. The van der Waals surface area contributed by atoms with Gasteiger partial charge < -0.3 is 5.73 Å². The predicted molar refractivity (Wildman–Crippen MR) is 53.4 cm³/mol. The van der Waals surface area contributed by atoms with Crippen LogP contribution in [0.2, 0.25) is 0 Å². The lowest BCUT2D eigenvalue weighted by molar-refractivity contribution is -0.0328. The van der Waals surface area contributed by atoms with E-state index in [-0.39, 0.29) is 24.1 Å². The molecule has 3 nitrogen and oxygen atoms in total. The Kier molecular flexibility index (Phi) is 4.04. The van der Waals surface area contributed by atoms with Gasteiger partial charge in [0.1, 0.15) is 0 Å². The summed E-state index contributed by atoms with van der Waals surface area (Å²) in [6.45, 7) is 2.39. The number of nitrogens with zero attached hydrogens (tertiary/aromatic N) is 2. The second kappa shape index (κ2) is 4.89. The second-order valence-corrected chi connectivity index (χ2v) is 4.16. The molecule has 15 heavy (non-hydrogen) atoms. The first-order valence-electron chi connectivity index (χ1n) is 4.36. The van der Waals surface area contributed by atoms with Crippen molar-refractivity contribution >= 4 is 11.8 Å². The maximum atomic E-state index is 11.8. The highest BCUT2D eigenvalue weighted by molar-refractivity contribution is 8.00. The zero-order valence-electron chi connectivity index (χ0n) is 8.21. The van der Waals surface area contributed by atoms with Crippen molar-refractivity contribution in [3.8, 4) is 0 Å². The molecule has 0 aliphatic heterocycles. The molecule has 7 heteroatoms. The van der Waals surface area contributed by atoms with Crippen LogP contribution in [0.25, 0.3) is 0 Å². The summed E-state index contributed by atoms with van der Waals surface area (Å²) in [5, 5.41) is 4.06. The number of alkyl halides is 3. The third kappa shape index (κ3) is 4.13. The third-order valence-electron chi connectivity index (χ3n) is 1.85. The van der Waals surface area contributed by atoms with Crippen LogP contribution in [0.1, 0.15) is 11.3 Å². The van der Waals surface area contributed by atoms with Crippen LogP contribution >= 0.6 is 11.8 Å². The van der Waals surface area contributed by atoms with E-state index < -0.39 is 5.51 Å². The van der Waals surface area contributed by atoms with Crippen molar-refractivity contribution in [2.75, 3.05) is 5.75 Å². The summed E-state index contributed by atoms with van der Waals surface area (Å²) in [6.07, 6.45) is 1.69. The van der Waals surface area contributed by atoms with Crippen LogP contribution in [0.15, 0.2) is 6.20 Å². The van der Waals surface area contributed by atoms with Crippen molar-refractivity contribution in [3.63, 3.8) is 0 Å². The first-order chi connectivity index (χ1) is 6.92. The molecule has 0 spiro atoms. The molecular weight excluding hydrogens is 227 g/mol. The van der Waals surface area contributed by atoms with Gasteiger partial charge in [-0.05, 0) is 18.7 Å². The number of thioether (sulfide) groups is 1. The molecule has 1 rings (SSSR count). The van der Waals surface area contributed by atoms with E-state index in [1.165, 1.54) is 4.68 Å². The van der Waals surface area contributed by atoms with Crippen LogP contribution in [-0.4, -0.2) is 21.0 Å².